The molecular weight excluding hydrogens is 361 g/mol. The van der Waals surface area contributed by atoms with Gasteiger partial charge >= 0.3 is 15.6 Å². The summed E-state index contributed by atoms with van der Waals surface area (Å²) in [5.41, 5.74) is -3.62. The molecule has 0 spiro atoms. The van der Waals surface area contributed by atoms with Gasteiger partial charge in [-0.1, -0.05) is 12.1 Å². The summed E-state index contributed by atoms with van der Waals surface area (Å²) in [7, 11) is -4.46. The number of methoxy groups -OCH3 is 1. The molecule has 0 bridgehead atoms. The molecule has 0 aliphatic rings. The van der Waals surface area contributed by atoms with E-state index in [1.807, 2.05) is 18.2 Å². The van der Waals surface area contributed by atoms with Crippen LogP contribution in [0, 0.1) is 0 Å². The SMILES string of the molecule is COc1cc(OS(=O)(=O)C(F)(F)F)ccc1-c1nc2ccccc2[nH]1. The minimum Gasteiger partial charge on any atom is -0.496 e. The summed E-state index contributed by atoms with van der Waals surface area (Å²) in [6.45, 7) is 0. The van der Waals surface area contributed by atoms with Gasteiger partial charge in [-0.05, 0) is 24.3 Å². The second-order valence-corrected chi connectivity index (χ2v) is 6.49. The minimum atomic E-state index is -5.75. The first-order chi connectivity index (χ1) is 11.7. The van der Waals surface area contributed by atoms with Crippen LogP contribution < -0.4 is 8.92 Å². The number of nitrogens with one attached hydrogen (secondary N) is 1. The number of ether oxygens (including phenoxy) is 1. The van der Waals surface area contributed by atoms with E-state index >= 15 is 0 Å². The molecule has 10 heteroatoms. The first-order valence-corrected chi connectivity index (χ1v) is 8.26. The number of imidazole rings is 1. The van der Waals surface area contributed by atoms with Crippen molar-refractivity contribution < 1.29 is 30.5 Å². The van der Waals surface area contributed by atoms with Gasteiger partial charge in [0.2, 0.25) is 0 Å². The van der Waals surface area contributed by atoms with Crippen LogP contribution in [0.15, 0.2) is 42.5 Å². The molecule has 1 N–H and O–H groups in total. The van der Waals surface area contributed by atoms with Gasteiger partial charge in [-0.3, -0.25) is 0 Å². The second kappa shape index (κ2) is 5.96. The van der Waals surface area contributed by atoms with Gasteiger partial charge in [0, 0.05) is 6.07 Å². The van der Waals surface area contributed by atoms with Gasteiger partial charge in [-0.2, -0.15) is 21.6 Å². The second-order valence-electron chi connectivity index (χ2n) is 4.95. The number of H-pyrrole nitrogens is 1. The number of halogens is 3. The van der Waals surface area contributed by atoms with E-state index in [0.717, 1.165) is 17.6 Å². The summed E-state index contributed by atoms with van der Waals surface area (Å²) in [5.74, 6) is 0.00578. The minimum absolute atomic E-state index is 0.105. The average Bonchev–Trinajstić information content (AvgIpc) is 2.97. The Hall–Kier alpha value is -2.75. The maximum absolute atomic E-state index is 12.4. The monoisotopic (exact) mass is 372 g/mol. The molecule has 1 heterocycles. The van der Waals surface area contributed by atoms with E-state index in [4.69, 9.17) is 4.74 Å². The Morgan fingerprint density at radius 3 is 2.48 bits per heavy atom. The van der Waals surface area contributed by atoms with E-state index < -0.39 is 21.4 Å². The largest absolute Gasteiger partial charge is 0.534 e. The zero-order valence-corrected chi connectivity index (χ0v) is 13.5. The van der Waals surface area contributed by atoms with Gasteiger partial charge in [0.1, 0.15) is 17.3 Å². The summed E-state index contributed by atoms with van der Waals surface area (Å²) < 4.78 is 68.6. The highest BCUT2D eigenvalue weighted by Gasteiger charge is 2.48. The Bertz CT molecular complexity index is 996. The molecule has 0 radical (unpaired) electrons. The number of alkyl halides is 3. The van der Waals surface area contributed by atoms with Crippen LogP contribution in [0.3, 0.4) is 0 Å². The molecule has 6 nitrogen and oxygen atoms in total. The zero-order valence-electron chi connectivity index (χ0n) is 12.7. The number of hydrogen-bond acceptors (Lipinski definition) is 5. The normalized spacial score (nSPS) is 12.3. The summed E-state index contributed by atoms with van der Waals surface area (Å²) in [5, 5.41) is 0. The maximum atomic E-state index is 12.4. The van der Waals surface area contributed by atoms with E-state index in [1.54, 1.807) is 6.07 Å². The van der Waals surface area contributed by atoms with E-state index in [9.17, 15) is 21.6 Å². The van der Waals surface area contributed by atoms with Gasteiger partial charge in [-0.25, -0.2) is 4.98 Å². The van der Waals surface area contributed by atoms with Crippen molar-refractivity contribution in [1.29, 1.82) is 0 Å². The standard InChI is InChI=1S/C15H11F3N2O4S/c1-23-13-8-9(24-25(21,22)15(16,17)18)6-7-10(13)14-19-11-4-2-3-5-12(11)20-14/h2-8H,1H3,(H,19,20). The number of fused-ring (bicyclic) bond motifs is 1. The molecule has 1 aromatic heterocycles. The molecule has 3 rings (SSSR count). The van der Waals surface area contributed by atoms with Crippen LogP contribution in [0.4, 0.5) is 13.2 Å². The van der Waals surface area contributed by atoms with E-state index in [1.165, 1.54) is 13.2 Å². The van der Waals surface area contributed by atoms with Crippen molar-refractivity contribution >= 4 is 21.2 Å². The zero-order chi connectivity index (χ0) is 18.2. The highest BCUT2D eigenvalue weighted by atomic mass is 32.2. The van der Waals surface area contributed by atoms with Crippen molar-refractivity contribution in [1.82, 2.24) is 9.97 Å². The fourth-order valence-corrected chi connectivity index (χ4v) is 2.62. The molecule has 0 saturated heterocycles. The highest BCUT2D eigenvalue weighted by Crippen LogP contribution is 2.35. The Labute approximate surface area is 140 Å². The van der Waals surface area contributed by atoms with Crippen LogP contribution in [0.5, 0.6) is 11.5 Å². The third-order valence-electron chi connectivity index (χ3n) is 3.31. The summed E-state index contributed by atoms with van der Waals surface area (Å²) in [6, 6.07) is 10.7. The van der Waals surface area contributed by atoms with Crippen LogP contribution in [0.2, 0.25) is 0 Å². The van der Waals surface area contributed by atoms with Gasteiger partial charge in [-0.15, -0.1) is 0 Å². The predicted octanol–water partition coefficient (Wildman–Crippen LogP) is 3.47. The van der Waals surface area contributed by atoms with E-state index in [-0.39, 0.29) is 5.75 Å². The predicted molar refractivity (Wildman–Crippen MR) is 83.7 cm³/mol. The number of nitrogens with zero attached hydrogens (tertiary/aromatic N) is 1. The number of benzene rings is 2. The lowest BCUT2D eigenvalue weighted by Crippen LogP contribution is -2.28. The van der Waals surface area contributed by atoms with Crippen LogP contribution in [0.25, 0.3) is 22.4 Å². The van der Waals surface area contributed by atoms with Gasteiger partial charge in [0.05, 0.1) is 23.7 Å². The molecule has 0 amide bonds. The van der Waals surface area contributed by atoms with Gasteiger partial charge in [0.25, 0.3) is 0 Å². The summed E-state index contributed by atoms with van der Waals surface area (Å²) >= 11 is 0. The molecule has 0 aliphatic carbocycles. The van der Waals surface area contributed by atoms with Crippen LogP contribution in [-0.2, 0) is 10.1 Å². The topological polar surface area (TPSA) is 81.3 Å². The van der Waals surface area contributed by atoms with Crippen molar-refractivity contribution in [3.63, 3.8) is 0 Å². The van der Waals surface area contributed by atoms with Gasteiger partial charge in [0.15, 0.2) is 0 Å². The lowest BCUT2D eigenvalue weighted by atomic mass is 10.2. The van der Waals surface area contributed by atoms with Crippen molar-refractivity contribution in [3.8, 4) is 22.9 Å². The smallest absolute Gasteiger partial charge is 0.496 e. The Morgan fingerprint density at radius 2 is 1.84 bits per heavy atom. The number of aromatic amines is 1. The molecule has 132 valence electrons. The van der Waals surface area contributed by atoms with E-state index in [0.29, 0.717) is 16.9 Å². The lowest BCUT2D eigenvalue weighted by Gasteiger charge is -2.12. The summed E-state index contributed by atoms with van der Waals surface area (Å²) in [6.07, 6.45) is 0. The molecule has 0 atom stereocenters. The van der Waals surface area contributed by atoms with Crippen LogP contribution >= 0.6 is 0 Å². The Morgan fingerprint density at radius 1 is 1.12 bits per heavy atom. The van der Waals surface area contributed by atoms with Crippen LogP contribution in [0.1, 0.15) is 0 Å². The Kier molecular flexibility index (Phi) is 4.07. The Balaban J connectivity index is 2.00. The fourth-order valence-electron chi connectivity index (χ4n) is 2.17. The van der Waals surface area contributed by atoms with Gasteiger partial charge < -0.3 is 13.9 Å². The molecule has 2 aromatic carbocycles. The van der Waals surface area contributed by atoms with Crippen molar-refractivity contribution in [3.05, 3.63) is 42.5 Å². The molecule has 0 fully saturated rings. The van der Waals surface area contributed by atoms with Crippen molar-refractivity contribution in [2.24, 2.45) is 0 Å². The van der Waals surface area contributed by atoms with Crippen molar-refractivity contribution in [2.75, 3.05) is 7.11 Å². The highest BCUT2D eigenvalue weighted by molar-refractivity contribution is 7.88. The first kappa shape index (κ1) is 17.1. The van der Waals surface area contributed by atoms with E-state index in [2.05, 4.69) is 14.2 Å². The van der Waals surface area contributed by atoms with Crippen LogP contribution in [-0.4, -0.2) is 31.0 Å². The number of hydrogen-bond donors (Lipinski definition) is 1. The molecule has 3 aromatic rings. The van der Waals surface area contributed by atoms with Crippen molar-refractivity contribution in [2.45, 2.75) is 5.51 Å². The third kappa shape index (κ3) is 3.25. The number of rotatable bonds is 4. The average molecular weight is 372 g/mol. The molecular formula is C15H11F3N2O4S. The maximum Gasteiger partial charge on any atom is 0.534 e. The summed E-state index contributed by atoms with van der Waals surface area (Å²) in [4.78, 5) is 7.41. The fraction of sp³-hybridized carbons (Fsp3) is 0.133. The molecule has 25 heavy (non-hydrogen) atoms. The number of para-hydroxylation sites is 2. The molecule has 0 saturated carbocycles. The lowest BCUT2D eigenvalue weighted by molar-refractivity contribution is -0.0500. The molecule has 0 aliphatic heterocycles. The third-order valence-corrected chi connectivity index (χ3v) is 4.29. The molecule has 0 unspecified atom stereocenters. The quantitative estimate of drug-likeness (QED) is 0.560. The number of aromatic nitrogens is 2. The first-order valence-electron chi connectivity index (χ1n) is 6.85.